The molecule has 0 saturated heterocycles. The molecule has 7 nitrogen and oxygen atoms in total. The summed E-state index contributed by atoms with van der Waals surface area (Å²) in [5.74, 6) is -0.159. The molecule has 0 aliphatic heterocycles. The molecule has 8 heteroatoms. The van der Waals surface area contributed by atoms with Crippen LogP contribution in [0, 0.1) is 0 Å². The molecule has 0 fully saturated rings. The van der Waals surface area contributed by atoms with Crippen LogP contribution in [0.4, 0.5) is 0 Å². The maximum atomic E-state index is 10.4. The van der Waals surface area contributed by atoms with Gasteiger partial charge in [0.25, 0.3) is 0 Å². The van der Waals surface area contributed by atoms with Crippen LogP contribution in [0.15, 0.2) is 0 Å². The maximum absolute atomic E-state index is 10.4. The quantitative estimate of drug-likeness (QED) is 0.215. The zero-order valence-corrected chi connectivity index (χ0v) is 19.3. The predicted octanol–water partition coefficient (Wildman–Crippen LogP) is 3.59. The van der Waals surface area contributed by atoms with Crippen LogP contribution in [0.1, 0.15) is 84.5 Å². The Morgan fingerprint density at radius 2 is 1.26 bits per heavy atom. The summed E-state index contributed by atoms with van der Waals surface area (Å²) in [4.78, 5) is 10.4. The normalized spacial score (nSPS) is 11.1. The van der Waals surface area contributed by atoms with Gasteiger partial charge in [-0.05, 0) is 12.8 Å². The summed E-state index contributed by atoms with van der Waals surface area (Å²) >= 11 is 0. The molecule has 2 N–H and O–H groups in total. The van der Waals surface area contributed by atoms with E-state index in [-0.39, 0.29) is 5.91 Å². The van der Waals surface area contributed by atoms with Gasteiger partial charge in [0.15, 0.2) is 0 Å². The van der Waals surface area contributed by atoms with E-state index in [9.17, 15) is 17.8 Å². The molecule has 0 spiro atoms. The van der Waals surface area contributed by atoms with E-state index < -0.39 is 10.4 Å². The molecular weight excluding hydrogens is 368 g/mol. The molecule has 0 heterocycles. The molecule has 0 aliphatic carbocycles. The van der Waals surface area contributed by atoms with E-state index >= 15 is 0 Å². The number of nitrogens with zero attached hydrogens (tertiary/aromatic N) is 1. The van der Waals surface area contributed by atoms with Gasteiger partial charge in [0.2, 0.25) is 16.3 Å². The van der Waals surface area contributed by atoms with Crippen LogP contribution in [0.25, 0.3) is 0 Å². The number of amides is 1. The summed E-state index contributed by atoms with van der Waals surface area (Å²) in [5.41, 5.74) is 5.05. The Morgan fingerprint density at radius 1 is 0.889 bits per heavy atom. The summed E-state index contributed by atoms with van der Waals surface area (Å²) in [6, 6.07) is 0. The van der Waals surface area contributed by atoms with E-state index in [1.807, 2.05) is 0 Å². The Hall–Kier alpha value is -0.700. The molecule has 0 aliphatic rings. The highest BCUT2D eigenvalue weighted by Gasteiger charge is 2.01. The summed E-state index contributed by atoms with van der Waals surface area (Å²) in [6.45, 7) is 5.73. The van der Waals surface area contributed by atoms with Gasteiger partial charge < -0.3 is 14.8 Å². The average Bonchev–Trinajstić information content (AvgIpc) is 2.52. The zero-order chi connectivity index (χ0) is 21.8. The number of quaternary nitrogens is 1. The fraction of sp³-hybridized carbons (Fsp3) is 0.947. The van der Waals surface area contributed by atoms with Gasteiger partial charge in [-0.3, -0.25) is 8.98 Å². The van der Waals surface area contributed by atoms with Crippen LogP contribution in [0.3, 0.4) is 0 Å². The van der Waals surface area contributed by atoms with Gasteiger partial charge in [-0.2, -0.15) is 0 Å². The van der Waals surface area contributed by atoms with Crippen molar-refractivity contribution >= 4 is 16.3 Å². The van der Waals surface area contributed by atoms with Gasteiger partial charge in [-0.15, -0.1) is 0 Å². The van der Waals surface area contributed by atoms with Crippen molar-refractivity contribution in [1.82, 2.24) is 0 Å². The van der Waals surface area contributed by atoms with E-state index in [1.54, 1.807) is 0 Å². The van der Waals surface area contributed by atoms with Crippen molar-refractivity contribution in [3.63, 3.8) is 0 Å². The standard InChI is InChI=1S/C12H25NO.C6H16N.CH4O4S/c1-2-3-4-5-6-7-8-9-10-11-12(13)14;1-5-6-7(2,3)4;1-5-6(2,3)4/h2-11H2,1H3,(H2,13,14);5-6H2,1-4H3;1H3,(H,2,3,4)/q;+1;/p-1. The minimum absolute atomic E-state index is 0.159. The maximum Gasteiger partial charge on any atom is 0.217 e. The third-order valence-corrected chi connectivity index (χ3v) is 4.03. The number of nitrogens with two attached hydrogens (primary N) is 1. The molecule has 27 heavy (non-hydrogen) atoms. The van der Waals surface area contributed by atoms with Crippen molar-refractivity contribution in [3.05, 3.63) is 0 Å². The molecule has 0 radical (unpaired) electrons. The lowest BCUT2D eigenvalue weighted by molar-refractivity contribution is -0.870. The Kier molecular flexibility index (Phi) is 23.0. The van der Waals surface area contributed by atoms with Gasteiger partial charge in [-0.25, -0.2) is 8.42 Å². The third kappa shape index (κ3) is 45.9. The molecule has 1 amide bonds. The summed E-state index contributed by atoms with van der Waals surface area (Å²) in [7, 11) is 3.03. The average molecular weight is 413 g/mol. The number of rotatable bonds is 13. The molecule has 0 unspecified atom stereocenters. The van der Waals surface area contributed by atoms with Crippen molar-refractivity contribution < 1.29 is 26.4 Å². The molecule has 0 bridgehead atoms. The second-order valence-electron chi connectivity index (χ2n) is 7.63. The number of carbonyl (C=O) groups is 1. The van der Waals surface area contributed by atoms with E-state index in [1.165, 1.54) is 57.9 Å². The first kappa shape index (κ1) is 31.0. The molecule has 0 aromatic carbocycles. The lowest BCUT2D eigenvalue weighted by atomic mass is 10.1. The first-order valence-electron chi connectivity index (χ1n) is 9.99. The van der Waals surface area contributed by atoms with Crippen LogP contribution in [-0.2, 0) is 19.4 Å². The number of carbonyl (C=O) groups excluding carboxylic acids is 1. The van der Waals surface area contributed by atoms with Crippen molar-refractivity contribution in [3.8, 4) is 0 Å². The Bertz CT molecular complexity index is 420. The second kappa shape index (κ2) is 20.0. The second-order valence-corrected chi connectivity index (χ2v) is 8.78. The zero-order valence-electron chi connectivity index (χ0n) is 18.5. The van der Waals surface area contributed by atoms with Crippen molar-refractivity contribution in [1.29, 1.82) is 0 Å². The number of hydrogen-bond donors (Lipinski definition) is 1. The molecule has 0 saturated carbocycles. The minimum Gasteiger partial charge on any atom is -0.726 e. The van der Waals surface area contributed by atoms with E-state index in [0.717, 1.165) is 24.4 Å². The lowest BCUT2D eigenvalue weighted by Crippen LogP contribution is -2.34. The van der Waals surface area contributed by atoms with E-state index in [4.69, 9.17) is 5.73 Å². The summed E-state index contributed by atoms with van der Waals surface area (Å²) in [5, 5.41) is 0. The number of unbranched alkanes of at least 4 members (excludes halogenated alkanes) is 8. The topological polar surface area (TPSA) is 110 Å². The Balaban J connectivity index is -0.000000369. The monoisotopic (exact) mass is 412 g/mol. The summed E-state index contributed by atoms with van der Waals surface area (Å²) < 4.78 is 32.1. The number of primary amides is 1. The van der Waals surface area contributed by atoms with Gasteiger partial charge in [0, 0.05) is 6.42 Å². The van der Waals surface area contributed by atoms with Crippen LogP contribution in [0.5, 0.6) is 0 Å². The molecule has 166 valence electrons. The third-order valence-electron chi connectivity index (χ3n) is 3.63. The first-order valence-corrected chi connectivity index (χ1v) is 11.3. The highest BCUT2D eigenvalue weighted by molar-refractivity contribution is 7.80. The predicted molar refractivity (Wildman–Crippen MR) is 111 cm³/mol. The Labute approximate surface area is 168 Å². The van der Waals surface area contributed by atoms with Crippen LogP contribution in [-0.4, -0.2) is 58.2 Å². The molecule has 0 rings (SSSR count). The van der Waals surface area contributed by atoms with Gasteiger partial charge in [0.1, 0.15) is 0 Å². The summed E-state index contributed by atoms with van der Waals surface area (Å²) in [6.07, 6.45) is 13.4. The van der Waals surface area contributed by atoms with Crippen molar-refractivity contribution in [2.24, 2.45) is 5.73 Å². The lowest BCUT2D eigenvalue weighted by Gasteiger charge is -2.22. The molecule has 0 aromatic rings. The minimum atomic E-state index is -4.41. The highest BCUT2D eigenvalue weighted by atomic mass is 32.3. The number of hydrogen-bond acceptors (Lipinski definition) is 5. The van der Waals surface area contributed by atoms with Crippen LogP contribution >= 0.6 is 0 Å². The van der Waals surface area contributed by atoms with E-state index in [0.29, 0.717) is 6.42 Å². The fourth-order valence-corrected chi connectivity index (χ4v) is 2.28. The fourth-order valence-electron chi connectivity index (χ4n) is 2.28. The van der Waals surface area contributed by atoms with E-state index in [2.05, 4.69) is 39.2 Å². The van der Waals surface area contributed by atoms with Gasteiger partial charge in [-0.1, -0.05) is 65.2 Å². The molecule has 0 atom stereocenters. The van der Waals surface area contributed by atoms with Crippen molar-refractivity contribution in [2.45, 2.75) is 84.5 Å². The highest BCUT2D eigenvalue weighted by Crippen LogP contribution is 2.10. The van der Waals surface area contributed by atoms with Crippen LogP contribution in [0.2, 0.25) is 0 Å². The smallest absolute Gasteiger partial charge is 0.217 e. The van der Waals surface area contributed by atoms with Crippen molar-refractivity contribution in [2.75, 3.05) is 34.8 Å². The first-order chi connectivity index (χ1) is 12.4. The molecule has 0 aromatic heterocycles. The molecular formula is C19H44N2O5S. The SMILES string of the molecule is CCCCCCCCCCCC(N)=O.CCC[N+](C)(C)C.COS(=O)(=O)[O-]. The Morgan fingerprint density at radius 3 is 1.48 bits per heavy atom. The van der Waals surface area contributed by atoms with Gasteiger partial charge in [0.05, 0.1) is 34.8 Å². The van der Waals surface area contributed by atoms with Gasteiger partial charge >= 0.3 is 0 Å². The van der Waals surface area contributed by atoms with Crippen LogP contribution < -0.4 is 5.73 Å². The largest absolute Gasteiger partial charge is 0.726 e.